The Bertz CT molecular complexity index is 532. The van der Waals surface area contributed by atoms with Gasteiger partial charge in [-0.25, -0.2) is 0 Å². The number of anilines is 1. The summed E-state index contributed by atoms with van der Waals surface area (Å²) in [4.78, 5) is 10.4. The lowest BCUT2D eigenvalue weighted by Gasteiger charge is -2.21. The molecule has 0 spiro atoms. The summed E-state index contributed by atoms with van der Waals surface area (Å²) in [5.74, 6) is 0. The number of nitro benzene ring substituents is 1. The smallest absolute Gasteiger partial charge is 0.292 e. The Balaban J connectivity index is 2.18. The highest BCUT2D eigenvalue weighted by molar-refractivity contribution is 5.64. The fraction of sp³-hybridized carbons (Fsp3) is 0.417. The highest BCUT2D eigenvalue weighted by atomic mass is 16.6. The van der Waals surface area contributed by atoms with Crippen LogP contribution >= 0.6 is 0 Å². The molecule has 1 saturated heterocycles. The minimum absolute atomic E-state index is 0.124. The molecule has 0 bridgehead atoms. The van der Waals surface area contributed by atoms with Gasteiger partial charge in [0.1, 0.15) is 11.3 Å². The van der Waals surface area contributed by atoms with Crippen LogP contribution in [0.3, 0.4) is 0 Å². The highest BCUT2D eigenvalue weighted by Crippen LogP contribution is 2.27. The van der Waals surface area contributed by atoms with Crippen molar-refractivity contribution in [2.45, 2.75) is 12.0 Å². The lowest BCUT2D eigenvalue weighted by Crippen LogP contribution is -2.37. The third kappa shape index (κ3) is 2.99. The van der Waals surface area contributed by atoms with Gasteiger partial charge in [0.05, 0.1) is 23.2 Å². The molecule has 0 aromatic heterocycles. The van der Waals surface area contributed by atoms with Crippen LogP contribution in [-0.4, -0.2) is 35.4 Å². The van der Waals surface area contributed by atoms with E-state index < -0.39 is 10.5 Å². The molecule has 1 aliphatic heterocycles. The number of nitro groups is 1. The van der Waals surface area contributed by atoms with Crippen LogP contribution in [0.2, 0.25) is 0 Å². The molecule has 1 aromatic rings. The molecule has 0 saturated carbocycles. The van der Waals surface area contributed by atoms with Crippen molar-refractivity contribution in [3.63, 3.8) is 0 Å². The normalized spacial score (nSPS) is 21.9. The topological polar surface area (TPSA) is 108 Å². The maximum atomic E-state index is 10.9. The number of ether oxygens (including phenoxy) is 1. The molecule has 7 nitrogen and oxygen atoms in total. The Hall–Kier alpha value is -2.17. The van der Waals surface area contributed by atoms with Crippen LogP contribution in [0, 0.1) is 21.4 Å². The van der Waals surface area contributed by atoms with Crippen molar-refractivity contribution in [2.24, 2.45) is 0 Å². The molecule has 19 heavy (non-hydrogen) atoms. The number of nitrogens with zero attached hydrogens (tertiary/aromatic N) is 2. The van der Waals surface area contributed by atoms with Gasteiger partial charge in [0, 0.05) is 25.6 Å². The van der Waals surface area contributed by atoms with Crippen molar-refractivity contribution in [1.82, 2.24) is 0 Å². The van der Waals surface area contributed by atoms with Gasteiger partial charge in [-0.05, 0) is 12.1 Å². The number of aliphatic hydroxyl groups is 1. The van der Waals surface area contributed by atoms with Gasteiger partial charge in [0.25, 0.3) is 5.69 Å². The zero-order chi connectivity index (χ0) is 13.9. The molecule has 1 fully saturated rings. The van der Waals surface area contributed by atoms with Gasteiger partial charge in [0.15, 0.2) is 0 Å². The summed E-state index contributed by atoms with van der Waals surface area (Å²) in [6, 6.07) is 5.98. The fourth-order valence-corrected chi connectivity index (χ4v) is 1.90. The summed E-state index contributed by atoms with van der Waals surface area (Å²) in [7, 11) is 0. The van der Waals surface area contributed by atoms with Crippen LogP contribution < -0.4 is 5.32 Å². The van der Waals surface area contributed by atoms with E-state index in [0.29, 0.717) is 18.6 Å². The van der Waals surface area contributed by atoms with Gasteiger partial charge >= 0.3 is 0 Å². The van der Waals surface area contributed by atoms with Crippen LogP contribution in [0.15, 0.2) is 18.2 Å². The molecule has 2 rings (SSSR count). The Morgan fingerprint density at radius 2 is 2.42 bits per heavy atom. The van der Waals surface area contributed by atoms with Gasteiger partial charge in [-0.3, -0.25) is 10.1 Å². The maximum Gasteiger partial charge on any atom is 0.292 e. The van der Waals surface area contributed by atoms with Crippen molar-refractivity contribution in [3.05, 3.63) is 33.9 Å². The SMILES string of the molecule is N#Cc1ccc([N+](=O)[O-])c(NCC2(O)CCOC2)c1. The van der Waals surface area contributed by atoms with Gasteiger partial charge in [-0.15, -0.1) is 0 Å². The number of rotatable bonds is 4. The minimum Gasteiger partial charge on any atom is -0.386 e. The number of nitrogens with one attached hydrogen (secondary N) is 1. The van der Waals surface area contributed by atoms with Crippen molar-refractivity contribution < 1.29 is 14.8 Å². The second kappa shape index (κ2) is 5.22. The lowest BCUT2D eigenvalue weighted by atomic mass is 10.0. The Labute approximate surface area is 109 Å². The number of benzene rings is 1. The van der Waals surface area contributed by atoms with E-state index in [1.807, 2.05) is 6.07 Å². The predicted octanol–water partition coefficient (Wildman–Crippen LogP) is 1.03. The third-order valence-electron chi connectivity index (χ3n) is 3.01. The first-order chi connectivity index (χ1) is 9.04. The van der Waals surface area contributed by atoms with Gasteiger partial charge in [-0.1, -0.05) is 0 Å². The average Bonchev–Trinajstić information content (AvgIpc) is 2.83. The first kappa shape index (κ1) is 13.3. The van der Waals surface area contributed by atoms with Crippen molar-refractivity contribution in [3.8, 4) is 6.07 Å². The number of nitriles is 1. The van der Waals surface area contributed by atoms with E-state index in [0.717, 1.165) is 0 Å². The number of hydrogen-bond donors (Lipinski definition) is 2. The zero-order valence-corrected chi connectivity index (χ0v) is 10.1. The Morgan fingerprint density at radius 3 is 3.00 bits per heavy atom. The highest BCUT2D eigenvalue weighted by Gasteiger charge is 2.32. The molecule has 0 amide bonds. The summed E-state index contributed by atoms with van der Waals surface area (Å²) in [6.07, 6.45) is 0.478. The standard InChI is InChI=1S/C12H13N3O4/c13-6-9-1-2-11(15(17)18)10(5-9)14-7-12(16)3-4-19-8-12/h1-2,5,14,16H,3-4,7-8H2. The van der Waals surface area contributed by atoms with Crippen molar-refractivity contribution >= 4 is 11.4 Å². The molecule has 1 atom stereocenters. The monoisotopic (exact) mass is 263 g/mol. The summed E-state index contributed by atoms with van der Waals surface area (Å²) in [5.41, 5.74) is -0.593. The maximum absolute atomic E-state index is 10.9. The lowest BCUT2D eigenvalue weighted by molar-refractivity contribution is -0.384. The first-order valence-corrected chi connectivity index (χ1v) is 5.77. The molecular weight excluding hydrogens is 250 g/mol. The zero-order valence-electron chi connectivity index (χ0n) is 10.1. The summed E-state index contributed by atoms with van der Waals surface area (Å²) < 4.78 is 5.09. The summed E-state index contributed by atoms with van der Waals surface area (Å²) in [6.45, 7) is 0.812. The van der Waals surface area contributed by atoms with E-state index >= 15 is 0 Å². The van der Waals surface area contributed by atoms with E-state index in [4.69, 9.17) is 10.00 Å². The Morgan fingerprint density at radius 1 is 1.63 bits per heavy atom. The molecule has 7 heteroatoms. The molecular formula is C12H13N3O4. The van der Waals surface area contributed by atoms with Crippen molar-refractivity contribution in [2.75, 3.05) is 25.1 Å². The van der Waals surface area contributed by atoms with E-state index in [1.54, 1.807) is 0 Å². The van der Waals surface area contributed by atoms with E-state index in [-0.39, 0.29) is 24.5 Å². The molecule has 1 heterocycles. The quantitative estimate of drug-likeness (QED) is 0.620. The van der Waals surface area contributed by atoms with Crippen LogP contribution in [0.25, 0.3) is 0 Å². The van der Waals surface area contributed by atoms with E-state index in [2.05, 4.69) is 5.32 Å². The van der Waals surface area contributed by atoms with Gasteiger partial charge in [0.2, 0.25) is 0 Å². The Kier molecular flexibility index (Phi) is 3.64. The number of hydrogen-bond acceptors (Lipinski definition) is 6. The van der Waals surface area contributed by atoms with Gasteiger partial charge in [-0.2, -0.15) is 5.26 Å². The summed E-state index contributed by atoms with van der Waals surface area (Å²) in [5, 5.41) is 32.6. The van der Waals surface area contributed by atoms with Crippen molar-refractivity contribution in [1.29, 1.82) is 5.26 Å². The molecule has 0 radical (unpaired) electrons. The average molecular weight is 263 g/mol. The van der Waals surface area contributed by atoms with Gasteiger partial charge < -0.3 is 15.2 Å². The third-order valence-corrected chi connectivity index (χ3v) is 3.01. The molecule has 2 N–H and O–H groups in total. The van der Waals surface area contributed by atoms with Crippen LogP contribution in [0.5, 0.6) is 0 Å². The predicted molar refractivity (Wildman–Crippen MR) is 66.7 cm³/mol. The molecule has 0 aliphatic carbocycles. The van der Waals surface area contributed by atoms with Crippen LogP contribution in [0.1, 0.15) is 12.0 Å². The van der Waals surface area contributed by atoms with Crippen LogP contribution in [0.4, 0.5) is 11.4 Å². The minimum atomic E-state index is -1.02. The van der Waals surface area contributed by atoms with E-state index in [1.165, 1.54) is 18.2 Å². The van der Waals surface area contributed by atoms with Crippen LogP contribution in [-0.2, 0) is 4.74 Å². The first-order valence-electron chi connectivity index (χ1n) is 5.77. The fourth-order valence-electron chi connectivity index (χ4n) is 1.90. The second-order valence-electron chi connectivity index (χ2n) is 4.48. The molecule has 1 aromatic carbocycles. The second-order valence-corrected chi connectivity index (χ2v) is 4.48. The largest absolute Gasteiger partial charge is 0.386 e. The molecule has 1 aliphatic rings. The molecule has 100 valence electrons. The molecule has 1 unspecified atom stereocenters. The summed E-state index contributed by atoms with van der Waals surface area (Å²) >= 11 is 0. The van der Waals surface area contributed by atoms with E-state index in [9.17, 15) is 15.2 Å².